The van der Waals surface area contributed by atoms with Gasteiger partial charge in [0, 0.05) is 12.6 Å². The molecule has 1 saturated heterocycles. The molecule has 238 valence electrons. The van der Waals surface area contributed by atoms with Gasteiger partial charge in [0.2, 0.25) is 0 Å². The number of hydrogen-bond acceptors (Lipinski definition) is 8. The van der Waals surface area contributed by atoms with Gasteiger partial charge in [-0.15, -0.1) is 0 Å². The predicted octanol–water partition coefficient (Wildman–Crippen LogP) is 4.37. The fourth-order valence-electron chi connectivity index (χ4n) is 4.83. The van der Waals surface area contributed by atoms with E-state index in [1.165, 1.54) is 42.6 Å². The van der Waals surface area contributed by atoms with Crippen molar-refractivity contribution < 1.29 is 45.4 Å². The zero-order valence-electron chi connectivity index (χ0n) is 23.8. The van der Waals surface area contributed by atoms with Crippen molar-refractivity contribution in [2.45, 2.75) is 42.6 Å². The van der Waals surface area contributed by atoms with Gasteiger partial charge in [-0.1, -0.05) is 19.1 Å². The summed E-state index contributed by atoms with van der Waals surface area (Å²) in [5, 5.41) is 12.6. The van der Waals surface area contributed by atoms with Crippen LogP contribution in [0.15, 0.2) is 71.8 Å². The lowest BCUT2D eigenvalue weighted by Gasteiger charge is -2.25. The fraction of sp³-hybridized carbons (Fsp3) is 0.400. The minimum atomic E-state index is -4.46. The highest BCUT2D eigenvalue weighted by molar-refractivity contribution is 7.91. The second-order valence-corrected chi connectivity index (χ2v) is 12.4. The van der Waals surface area contributed by atoms with E-state index in [1.54, 1.807) is 19.1 Å². The number of nitrogens with zero attached hydrogens (tertiary/aromatic N) is 2. The van der Waals surface area contributed by atoms with Gasteiger partial charge in [-0.3, -0.25) is 4.79 Å². The number of ether oxygens (including phenoxy) is 2. The number of carbonyl (C=O) groups excluding carboxylic acids is 1. The topological polar surface area (TPSA) is 118 Å². The van der Waals surface area contributed by atoms with Gasteiger partial charge in [0.15, 0.2) is 9.84 Å². The lowest BCUT2D eigenvalue weighted by atomic mass is 10.1. The second kappa shape index (κ2) is 14.4. The van der Waals surface area contributed by atoms with E-state index in [1.807, 2.05) is 4.90 Å². The maximum Gasteiger partial charge on any atom is 0.416 e. The van der Waals surface area contributed by atoms with E-state index in [2.05, 4.69) is 10.3 Å². The summed E-state index contributed by atoms with van der Waals surface area (Å²) in [5.74, 6) is 0.195. The van der Waals surface area contributed by atoms with E-state index in [0.717, 1.165) is 12.1 Å². The average molecular weight is 640 g/mol. The van der Waals surface area contributed by atoms with Crippen LogP contribution in [0.2, 0.25) is 0 Å². The van der Waals surface area contributed by atoms with Gasteiger partial charge in [-0.05, 0) is 54.1 Å². The number of anilines is 1. The maximum absolute atomic E-state index is 13.0. The number of benzene rings is 2. The number of carbonyl (C=O) groups is 1. The number of aliphatic hydroxyl groups excluding tert-OH is 1. The smallest absolute Gasteiger partial charge is 0.416 e. The highest BCUT2D eigenvalue weighted by atomic mass is 32.2. The molecule has 2 heterocycles. The number of aliphatic hydroxyl groups is 1. The zero-order chi connectivity index (χ0) is 31.9. The first-order valence-electron chi connectivity index (χ1n) is 13.9. The summed E-state index contributed by atoms with van der Waals surface area (Å²) >= 11 is 0. The molecule has 14 heteroatoms. The van der Waals surface area contributed by atoms with E-state index in [-0.39, 0.29) is 41.2 Å². The predicted molar refractivity (Wildman–Crippen MR) is 154 cm³/mol. The lowest BCUT2D eigenvalue weighted by Crippen LogP contribution is -2.34. The van der Waals surface area contributed by atoms with Crippen molar-refractivity contribution in [1.82, 2.24) is 10.3 Å². The van der Waals surface area contributed by atoms with E-state index in [0.29, 0.717) is 24.3 Å². The van der Waals surface area contributed by atoms with Crippen LogP contribution < -0.4 is 15.0 Å². The van der Waals surface area contributed by atoms with Crippen molar-refractivity contribution in [2.75, 3.05) is 43.7 Å². The number of hydrogen-bond donors (Lipinski definition) is 2. The molecule has 9 nitrogen and oxygen atoms in total. The minimum Gasteiger partial charge on any atom is -0.489 e. The molecule has 2 N–H and O–H groups in total. The summed E-state index contributed by atoms with van der Waals surface area (Å²) in [5.41, 5.74) is -0.0542. The SMILES string of the molecule is CCS(=O)(=O)c1ccc([C@H](CO)NC(=O)c2ccc(N3C[C@H](Oc4ccc(C(F)(F)F)cc4)C[C@H]3COCCF)nc2)cc1. The quantitative estimate of drug-likeness (QED) is 0.209. The number of halogens is 4. The van der Waals surface area contributed by atoms with Crippen LogP contribution in [0, 0.1) is 0 Å². The molecule has 0 aliphatic carbocycles. The third-order valence-electron chi connectivity index (χ3n) is 7.21. The van der Waals surface area contributed by atoms with E-state index in [9.17, 15) is 35.9 Å². The summed E-state index contributed by atoms with van der Waals surface area (Å²) in [6.07, 6.45) is -3.08. The first kappa shape index (κ1) is 33.1. The molecule has 1 amide bonds. The van der Waals surface area contributed by atoms with Crippen molar-refractivity contribution in [2.24, 2.45) is 0 Å². The summed E-state index contributed by atoms with van der Waals surface area (Å²) in [6, 6.07) is 12.4. The summed E-state index contributed by atoms with van der Waals surface area (Å²) in [7, 11) is -3.39. The first-order valence-corrected chi connectivity index (χ1v) is 15.5. The number of rotatable bonds is 13. The summed E-state index contributed by atoms with van der Waals surface area (Å²) in [4.78, 5) is 19.4. The van der Waals surface area contributed by atoms with E-state index < -0.39 is 52.9 Å². The molecule has 1 aliphatic heterocycles. The molecule has 0 unspecified atom stereocenters. The molecular weight excluding hydrogens is 606 g/mol. The molecule has 0 spiro atoms. The molecular formula is C30H33F4N3O6S. The van der Waals surface area contributed by atoms with Crippen molar-refractivity contribution in [3.05, 3.63) is 83.6 Å². The van der Waals surface area contributed by atoms with E-state index >= 15 is 0 Å². The number of sulfone groups is 1. The standard InChI is InChI=1S/C30H33F4N3O6S/c1-2-44(40,41)26-10-3-20(4-11-26)27(18-38)36-29(39)21-5-12-28(35-16-21)37-17-25(15-23(37)19-42-14-13-31)43-24-8-6-22(7-9-24)30(32,33)34/h3-12,16,23,25,27,38H,2,13-15,17-19H2,1H3,(H,36,39)/t23-,25+,27-/m0/s1. The van der Waals surface area contributed by atoms with Crippen LogP contribution >= 0.6 is 0 Å². The molecule has 0 saturated carbocycles. The molecule has 1 aliphatic rings. The van der Waals surface area contributed by atoms with Gasteiger partial charge in [-0.2, -0.15) is 13.2 Å². The number of amides is 1. The van der Waals surface area contributed by atoms with Crippen LogP contribution in [-0.4, -0.2) is 75.4 Å². The zero-order valence-corrected chi connectivity index (χ0v) is 24.7. The van der Waals surface area contributed by atoms with Crippen LogP contribution in [-0.2, 0) is 20.8 Å². The van der Waals surface area contributed by atoms with Gasteiger partial charge < -0.3 is 24.8 Å². The van der Waals surface area contributed by atoms with Crippen molar-refractivity contribution in [3.63, 3.8) is 0 Å². The van der Waals surface area contributed by atoms with Crippen LogP contribution in [0.1, 0.15) is 40.9 Å². The van der Waals surface area contributed by atoms with Crippen molar-refractivity contribution >= 4 is 21.6 Å². The molecule has 0 radical (unpaired) electrons. The first-order chi connectivity index (χ1) is 20.9. The van der Waals surface area contributed by atoms with Crippen LogP contribution in [0.4, 0.5) is 23.4 Å². The summed E-state index contributed by atoms with van der Waals surface area (Å²) < 4.78 is 86.9. The van der Waals surface area contributed by atoms with Gasteiger partial charge in [0.05, 0.1) is 60.2 Å². The largest absolute Gasteiger partial charge is 0.489 e. The molecule has 1 aromatic heterocycles. The van der Waals surface area contributed by atoms with Gasteiger partial charge in [-0.25, -0.2) is 17.8 Å². The Hall–Kier alpha value is -3.75. The monoisotopic (exact) mass is 639 g/mol. The highest BCUT2D eigenvalue weighted by Crippen LogP contribution is 2.32. The summed E-state index contributed by atoms with van der Waals surface area (Å²) in [6.45, 7) is 0.850. The Balaban J connectivity index is 1.43. The van der Waals surface area contributed by atoms with Crippen molar-refractivity contribution in [3.8, 4) is 5.75 Å². The molecule has 4 rings (SSSR count). The molecule has 44 heavy (non-hydrogen) atoms. The Bertz CT molecular complexity index is 1490. The normalized spacial score (nSPS) is 17.8. The van der Waals surface area contributed by atoms with Gasteiger partial charge in [0.1, 0.15) is 24.3 Å². The number of alkyl halides is 4. The molecule has 3 aromatic rings. The average Bonchev–Trinajstić information content (AvgIpc) is 3.42. The maximum atomic E-state index is 13.0. The Morgan fingerprint density at radius 3 is 2.39 bits per heavy atom. The van der Waals surface area contributed by atoms with E-state index in [4.69, 9.17) is 9.47 Å². The van der Waals surface area contributed by atoms with Crippen LogP contribution in [0.3, 0.4) is 0 Å². The molecule has 0 bridgehead atoms. The number of nitrogens with one attached hydrogen (secondary N) is 1. The van der Waals surface area contributed by atoms with Crippen molar-refractivity contribution in [1.29, 1.82) is 0 Å². The van der Waals surface area contributed by atoms with Gasteiger partial charge >= 0.3 is 6.18 Å². The third kappa shape index (κ3) is 8.24. The lowest BCUT2D eigenvalue weighted by molar-refractivity contribution is -0.137. The Labute approximate surface area is 252 Å². The Kier molecular flexibility index (Phi) is 10.8. The number of aromatic nitrogens is 1. The fourth-order valence-corrected chi connectivity index (χ4v) is 5.71. The molecule has 3 atom stereocenters. The third-order valence-corrected chi connectivity index (χ3v) is 8.96. The molecule has 2 aromatic carbocycles. The Morgan fingerprint density at radius 1 is 1.11 bits per heavy atom. The second-order valence-electron chi connectivity index (χ2n) is 10.2. The van der Waals surface area contributed by atoms with Crippen LogP contribution in [0.5, 0.6) is 5.75 Å². The minimum absolute atomic E-state index is 0.0504. The van der Waals surface area contributed by atoms with Crippen LogP contribution in [0.25, 0.3) is 0 Å². The Morgan fingerprint density at radius 2 is 1.82 bits per heavy atom. The number of pyridine rings is 1. The molecule has 1 fully saturated rings. The van der Waals surface area contributed by atoms with Gasteiger partial charge in [0.25, 0.3) is 5.91 Å². The highest BCUT2D eigenvalue weighted by Gasteiger charge is 2.35.